The Morgan fingerprint density at radius 1 is 1.10 bits per heavy atom. The molecule has 21 heavy (non-hydrogen) atoms. The first-order chi connectivity index (χ1) is 10.1. The summed E-state index contributed by atoms with van der Waals surface area (Å²) in [5, 5.41) is 8.87. The largest absolute Gasteiger partial charge is 0.481 e. The van der Waals surface area contributed by atoms with Gasteiger partial charge in [0, 0.05) is 32.1 Å². The molecule has 2 aliphatic rings. The second-order valence-corrected chi connectivity index (χ2v) is 6.46. The van der Waals surface area contributed by atoms with E-state index in [0.717, 1.165) is 38.6 Å². The molecule has 2 fully saturated rings. The van der Waals surface area contributed by atoms with Crippen molar-refractivity contribution in [1.29, 1.82) is 0 Å². The van der Waals surface area contributed by atoms with Crippen molar-refractivity contribution >= 4 is 12.0 Å². The predicted molar refractivity (Wildman–Crippen MR) is 81.2 cm³/mol. The van der Waals surface area contributed by atoms with Crippen LogP contribution < -0.4 is 0 Å². The average molecular weight is 296 g/mol. The molecule has 1 aliphatic heterocycles. The van der Waals surface area contributed by atoms with E-state index in [1.807, 2.05) is 16.8 Å². The highest BCUT2D eigenvalue weighted by molar-refractivity contribution is 5.75. The highest BCUT2D eigenvalue weighted by atomic mass is 16.4. The smallest absolute Gasteiger partial charge is 0.320 e. The summed E-state index contributed by atoms with van der Waals surface area (Å²) in [6.07, 6.45) is 9.73. The van der Waals surface area contributed by atoms with Crippen LogP contribution in [0.15, 0.2) is 0 Å². The number of hydrogen-bond acceptors (Lipinski definition) is 2. The lowest BCUT2D eigenvalue weighted by molar-refractivity contribution is -0.137. The van der Waals surface area contributed by atoms with Crippen LogP contribution >= 0.6 is 0 Å². The Bertz CT molecular complexity index is 367. The number of carbonyl (C=O) groups excluding carboxylic acids is 1. The van der Waals surface area contributed by atoms with Crippen molar-refractivity contribution in [2.45, 2.75) is 76.3 Å². The third-order valence-electron chi connectivity index (χ3n) is 4.99. The van der Waals surface area contributed by atoms with Gasteiger partial charge in [-0.1, -0.05) is 19.3 Å². The summed E-state index contributed by atoms with van der Waals surface area (Å²) >= 11 is 0. The van der Waals surface area contributed by atoms with Crippen molar-refractivity contribution in [1.82, 2.24) is 9.80 Å². The highest BCUT2D eigenvalue weighted by Crippen LogP contribution is 2.26. The minimum atomic E-state index is -0.770. The van der Waals surface area contributed by atoms with E-state index in [4.69, 9.17) is 5.11 Å². The molecule has 0 radical (unpaired) electrons. The lowest BCUT2D eigenvalue weighted by Crippen LogP contribution is -2.52. The number of carboxylic acid groups (broad SMARTS) is 1. The third kappa shape index (κ3) is 4.35. The van der Waals surface area contributed by atoms with Crippen LogP contribution in [0.5, 0.6) is 0 Å². The van der Waals surface area contributed by atoms with Gasteiger partial charge in [0.05, 0.1) is 0 Å². The van der Waals surface area contributed by atoms with Gasteiger partial charge in [0.25, 0.3) is 0 Å². The number of aliphatic carboxylic acids is 1. The number of rotatable bonds is 4. The summed E-state index contributed by atoms with van der Waals surface area (Å²) in [5.74, 6) is -0.770. The normalized spacial score (nSPS) is 23.9. The second-order valence-electron chi connectivity index (χ2n) is 6.46. The van der Waals surface area contributed by atoms with Crippen LogP contribution in [-0.2, 0) is 4.79 Å². The summed E-state index contributed by atoms with van der Waals surface area (Å²) in [7, 11) is 1.92. The zero-order chi connectivity index (χ0) is 15.2. The molecule has 0 aromatic heterocycles. The lowest BCUT2D eigenvalue weighted by Gasteiger charge is -2.41. The molecular formula is C16H28N2O3. The van der Waals surface area contributed by atoms with Crippen molar-refractivity contribution in [2.24, 2.45) is 0 Å². The van der Waals surface area contributed by atoms with Crippen LogP contribution in [0.2, 0.25) is 0 Å². The topological polar surface area (TPSA) is 60.9 Å². The Labute approximate surface area is 127 Å². The molecule has 0 bridgehead atoms. The van der Waals surface area contributed by atoms with Crippen LogP contribution in [0, 0.1) is 0 Å². The number of piperidine rings is 1. The molecular weight excluding hydrogens is 268 g/mol. The van der Waals surface area contributed by atoms with Crippen molar-refractivity contribution in [3.63, 3.8) is 0 Å². The Morgan fingerprint density at radius 2 is 1.76 bits per heavy atom. The van der Waals surface area contributed by atoms with Gasteiger partial charge in [0.2, 0.25) is 0 Å². The van der Waals surface area contributed by atoms with Gasteiger partial charge in [-0.2, -0.15) is 0 Å². The molecule has 1 N–H and O–H groups in total. The number of carboxylic acids is 1. The van der Waals surface area contributed by atoms with E-state index in [1.165, 1.54) is 19.3 Å². The lowest BCUT2D eigenvalue weighted by atomic mass is 9.94. The molecule has 1 saturated heterocycles. The maximum Gasteiger partial charge on any atom is 0.320 e. The maximum atomic E-state index is 12.8. The van der Waals surface area contributed by atoms with E-state index in [1.54, 1.807) is 0 Å². The van der Waals surface area contributed by atoms with Gasteiger partial charge in [-0.25, -0.2) is 4.79 Å². The molecule has 0 spiro atoms. The zero-order valence-electron chi connectivity index (χ0n) is 13.1. The van der Waals surface area contributed by atoms with Crippen molar-refractivity contribution in [3.05, 3.63) is 0 Å². The van der Waals surface area contributed by atoms with Gasteiger partial charge < -0.3 is 14.9 Å². The molecule has 1 unspecified atom stereocenters. The maximum absolute atomic E-state index is 12.8. The van der Waals surface area contributed by atoms with Crippen LogP contribution in [0.3, 0.4) is 0 Å². The van der Waals surface area contributed by atoms with Crippen LogP contribution in [0.4, 0.5) is 4.79 Å². The SMILES string of the molecule is CN(C(=O)N1CCCCC1CCC(=O)O)C1CCCCC1. The monoisotopic (exact) mass is 296 g/mol. The molecule has 5 nitrogen and oxygen atoms in total. The number of amides is 2. The number of nitrogens with zero attached hydrogens (tertiary/aromatic N) is 2. The van der Waals surface area contributed by atoms with Crippen molar-refractivity contribution in [2.75, 3.05) is 13.6 Å². The van der Waals surface area contributed by atoms with Gasteiger partial charge >= 0.3 is 12.0 Å². The Balaban J connectivity index is 1.94. The quantitative estimate of drug-likeness (QED) is 0.867. The summed E-state index contributed by atoms with van der Waals surface area (Å²) in [5.41, 5.74) is 0. The molecule has 2 rings (SSSR count). The van der Waals surface area contributed by atoms with Crippen LogP contribution in [-0.4, -0.2) is 52.6 Å². The van der Waals surface area contributed by atoms with Crippen LogP contribution in [0.25, 0.3) is 0 Å². The zero-order valence-corrected chi connectivity index (χ0v) is 13.1. The average Bonchev–Trinajstić information content (AvgIpc) is 2.52. The summed E-state index contributed by atoms with van der Waals surface area (Å²) in [6, 6.07) is 0.582. The fourth-order valence-electron chi connectivity index (χ4n) is 3.67. The van der Waals surface area contributed by atoms with Crippen molar-refractivity contribution < 1.29 is 14.7 Å². The summed E-state index contributed by atoms with van der Waals surface area (Å²) in [6.45, 7) is 0.778. The van der Waals surface area contributed by atoms with E-state index >= 15 is 0 Å². The third-order valence-corrected chi connectivity index (χ3v) is 4.99. The highest BCUT2D eigenvalue weighted by Gasteiger charge is 2.31. The first kappa shape index (κ1) is 16.1. The summed E-state index contributed by atoms with van der Waals surface area (Å²) in [4.78, 5) is 27.4. The van der Waals surface area contributed by atoms with Gasteiger partial charge in [0.15, 0.2) is 0 Å². The molecule has 1 heterocycles. The summed E-state index contributed by atoms with van der Waals surface area (Å²) < 4.78 is 0. The Kier molecular flexibility index (Phi) is 5.88. The Hall–Kier alpha value is -1.26. The number of carbonyl (C=O) groups is 2. The number of likely N-dealkylation sites (tertiary alicyclic amines) is 1. The minimum Gasteiger partial charge on any atom is -0.481 e. The molecule has 0 aromatic carbocycles. The number of hydrogen-bond donors (Lipinski definition) is 1. The van der Waals surface area contributed by atoms with Gasteiger partial charge in [0.1, 0.15) is 0 Å². The molecule has 1 saturated carbocycles. The molecule has 2 amide bonds. The fourth-order valence-corrected chi connectivity index (χ4v) is 3.67. The second kappa shape index (κ2) is 7.66. The van der Waals surface area contributed by atoms with Gasteiger partial charge in [-0.3, -0.25) is 4.79 Å². The minimum absolute atomic E-state index is 0.105. The first-order valence-electron chi connectivity index (χ1n) is 8.35. The van der Waals surface area contributed by atoms with Gasteiger partial charge in [-0.05, 0) is 38.5 Å². The first-order valence-corrected chi connectivity index (χ1v) is 8.35. The number of urea groups is 1. The fraction of sp³-hybridized carbons (Fsp3) is 0.875. The van der Waals surface area contributed by atoms with Crippen LogP contribution in [0.1, 0.15) is 64.2 Å². The van der Waals surface area contributed by atoms with E-state index in [9.17, 15) is 9.59 Å². The Morgan fingerprint density at radius 3 is 2.43 bits per heavy atom. The van der Waals surface area contributed by atoms with E-state index in [0.29, 0.717) is 12.5 Å². The molecule has 0 aromatic rings. The predicted octanol–water partition coefficient (Wildman–Crippen LogP) is 3.09. The van der Waals surface area contributed by atoms with E-state index in [-0.39, 0.29) is 18.5 Å². The molecule has 1 aliphatic carbocycles. The van der Waals surface area contributed by atoms with E-state index in [2.05, 4.69) is 0 Å². The molecule has 1 atom stereocenters. The van der Waals surface area contributed by atoms with Crippen molar-refractivity contribution in [3.8, 4) is 0 Å². The molecule has 120 valence electrons. The standard InChI is InChI=1S/C16H28N2O3/c1-17(13-7-3-2-4-8-13)16(21)18-12-6-5-9-14(18)10-11-15(19)20/h13-14H,2-12H2,1H3,(H,19,20). The van der Waals surface area contributed by atoms with Gasteiger partial charge in [-0.15, -0.1) is 0 Å². The molecule has 5 heteroatoms. The van der Waals surface area contributed by atoms with E-state index < -0.39 is 5.97 Å².